The van der Waals surface area contributed by atoms with Gasteiger partial charge in [-0.3, -0.25) is 14.4 Å². The largest absolute Gasteiger partial charge is 0.507 e. The third-order valence-corrected chi connectivity index (χ3v) is 6.83. The number of fused-ring (bicyclic) bond motifs is 4. The number of benzene rings is 3. The number of aromatic nitrogens is 1. The van der Waals surface area contributed by atoms with Crippen molar-refractivity contribution in [2.24, 2.45) is 0 Å². The number of aromatic amines is 1. The molecular formula is C28H18ClNO7. The molecule has 6 rings (SSSR count). The van der Waals surface area contributed by atoms with Crippen LogP contribution in [0, 0.1) is 0 Å². The average Bonchev–Trinajstić information content (AvgIpc) is 2.88. The maximum Gasteiger partial charge on any atom is 0.312 e. The number of methoxy groups -OCH3 is 1. The van der Waals surface area contributed by atoms with E-state index in [1.807, 2.05) is 0 Å². The van der Waals surface area contributed by atoms with Crippen LogP contribution in [-0.2, 0) is 4.79 Å². The van der Waals surface area contributed by atoms with Gasteiger partial charge in [-0.15, -0.1) is 0 Å². The number of rotatable bonds is 3. The summed E-state index contributed by atoms with van der Waals surface area (Å²) in [6.07, 6.45) is 1.14. The second-order valence-electron chi connectivity index (χ2n) is 8.73. The molecular weight excluding hydrogens is 498 g/mol. The monoisotopic (exact) mass is 515 g/mol. The number of nitrogens with one attached hydrogen (secondary N) is 1. The molecule has 0 fully saturated rings. The standard InChI is InChI=1S/C28H18ClNO7/c1-35-16-7-4-14-8-18(28(34)30-20(14)9-16)17-10-23(32)37-22-11-21(31)25-26(33)19(12-36-27(25)24(17)22)13-2-5-15(29)6-3-13/h2-9,11-12,17,31H,10H2,1H3,(H,30,34)/t17-/m0/s1. The van der Waals surface area contributed by atoms with Gasteiger partial charge in [-0.1, -0.05) is 23.7 Å². The minimum absolute atomic E-state index is 0.0304. The zero-order valence-electron chi connectivity index (χ0n) is 19.3. The number of H-pyrrole nitrogens is 1. The van der Waals surface area contributed by atoms with Gasteiger partial charge in [0.15, 0.2) is 0 Å². The highest BCUT2D eigenvalue weighted by atomic mass is 35.5. The Morgan fingerprint density at radius 1 is 1.05 bits per heavy atom. The van der Waals surface area contributed by atoms with E-state index in [1.54, 1.807) is 48.5 Å². The molecule has 37 heavy (non-hydrogen) atoms. The molecule has 5 aromatic rings. The van der Waals surface area contributed by atoms with Gasteiger partial charge in [-0.25, -0.2) is 0 Å². The number of halogens is 1. The Kier molecular flexibility index (Phi) is 5.27. The smallest absolute Gasteiger partial charge is 0.312 e. The number of hydrogen-bond donors (Lipinski definition) is 2. The SMILES string of the molecule is COc1ccc2cc([C@@H]3CC(=O)Oc4cc(O)c5c(=O)c(-c6ccc(Cl)cc6)coc5c43)c(=O)[nH]c2c1. The summed E-state index contributed by atoms with van der Waals surface area (Å²) in [6, 6.07) is 14.8. The highest BCUT2D eigenvalue weighted by molar-refractivity contribution is 6.30. The van der Waals surface area contributed by atoms with E-state index in [-0.39, 0.29) is 28.7 Å². The summed E-state index contributed by atoms with van der Waals surface area (Å²) in [5.74, 6) is -1.14. The molecule has 2 N–H and O–H groups in total. The van der Waals surface area contributed by atoms with E-state index in [4.69, 9.17) is 25.5 Å². The van der Waals surface area contributed by atoms with Gasteiger partial charge in [0, 0.05) is 34.2 Å². The van der Waals surface area contributed by atoms with E-state index in [9.17, 15) is 19.5 Å². The van der Waals surface area contributed by atoms with E-state index in [0.717, 1.165) is 5.39 Å². The number of pyridine rings is 1. The summed E-state index contributed by atoms with van der Waals surface area (Å²) < 4.78 is 16.5. The van der Waals surface area contributed by atoms with Crippen LogP contribution in [0.25, 0.3) is 33.0 Å². The Labute approximate surface area is 213 Å². The van der Waals surface area contributed by atoms with Gasteiger partial charge in [0.05, 0.1) is 24.6 Å². The maximum absolute atomic E-state index is 13.5. The molecule has 0 unspecified atom stereocenters. The molecule has 3 aromatic carbocycles. The lowest BCUT2D eigenvalue weighted by Crippen LogP contribution is -2.26. The lowest BCUT2D eigenvalue weighted by atomic mass is 9.85. The Balaban J connectivity index is 1.59. The number of esters is 1. The molecule has 0 amide bonds. The van der Waals surface area contributed by atoms with Crippen molar-refractivity contribution in [2.75, 3.05) is 7.11 Å². The van der Waals surface area contributed by atoms with Crippen LogP contribution in [0.2, 0.25) is 5.02 Å². The van der Waals surface area contributed by atoms with Crippen molar-refractivity contribution in [1.82, 2.24) is 4.98 Å². The molecule has 0 aliphatic carbocycles. The number of phenolic OH excluding ortho intramolecular Hbond substituents is 1. The number of carbonyl (C=O) groups excluding carboxylic acids is 1. The summed E-state index contributed by atoms with van der Waals surface area (Å²) in [4.78, 5) is 42.0. The summed E-state index contributed by atoms with van der Waals surface area (Å²) in [5, 5.41) is 11.9. The first-order valence-electron chi connectivity index (χ1n) is 11.3. The van der Waals surface area contributed by atoms with Gasteiger partial charge in [0.1, 0.15) is 34.5 Å². The van der Waals surface area contributed by atoms with Gasteiger partial charge in [-0.05, 0) is 41.3 Å². The predicted molar refractivity (Wildman–Crippen MR) is 138 cm³/mol. The first kappa shape index (κ1) is 22.9. The summed E-state index contributed by atoms with van der Waals surface area (Å²) in [7, 11) is 1.53. The molecule has 8 nitrogen and oxygen atoms in total. The van der Waals surface area contributed by atoms with Crippen molar-refractivity contribution >= 4 is 39.4 Å². The van der Waals surface area contributed by atoms with Gasteiger partial charge in [0.25, 0.3) is 5.56 Å². The Morgan fingerprint density at radius 3 is 2.59 bits per heavy atom. The summed E-state index contributed by atoms with van der Waals surface area (Å²) >= 11 is 5.97. The minimum Gasteiger partial charge on any atom is -0.507 e. The van der Waals surface area contributed by atoms with E-state index < -0.39 is 28.6 Å². The molecule has 1 aliphatic rings. The third-order valence-electron chi connectivity index (χ3n) is 6.58. The molecule has 0 radical (unpaired) electrons. The van der Waals surface area contributed by atoms with Crippen molar-refractivity contribution in [1.29, 1.82) is 0 Å². The van der Waals surface area contributed by atoms with Crippen LogP contribution >= 0.6 is 11.6 Å². The average molecular weight is 516 g/mol. The van der Waals surface area contributed by atoms with Crippen LogP contribution in [0.4, 0.5) is 0 Å². The van der Waals surface area contributed by atoms with Crippen LogP contribution < -0.4 is 20.5 Å². The van der Waals surface area contributed by atoms with Crippen LogP contribution in [0.5, 0.6) is 17.2 Å². The molecule has 184 valence electrons. The van der Waals surface area contributed by atoms with E-state index in [2.05, 4.69) is 4.98 Å². The molecule has 2 aromatic heterocycles. The molecule has 0 saturated carbocycles. The fraction of sp³-hybridized carbons (Fsp3) is 0.107. The summed E-state index contributed by atoms with van der Waals surface area (Å²) in [5.41, 5.74) is 1.15. The maximum atomic E-state index is 13.5. The van der Waals surface area contributed by atoms with Crippen molar-refractivity contribution in [2.45, 2.75) is 12.3 Å². The normalized spacial score (nSPS) is 15.0. The second kappa shape index (κ2) is 8.53. The highest BCUT2D eigenvalue weighted by Crippen LogP contribution is 2.45. The number of ether oxygens (including phenoxy) is 2. The predicted octanol–water partition coefficient (Wildman–Crippen LogP) is 5.11. The molecule has 0 saturated heterocycles. The second-order valence-corrected chi connectivity index (χ2v) is 9.17. The highest BCUT2D eigenvalue weighted by Gasteiger charge is 2.35. The fourth-order valence-corrected chi connectivity index (χ4v) is 4.94. The number of carbonyl (C=O) groups is 1. The quantitative estimate of drug-likeness (QED) is 0.253. The third kappa shape index (κ3) is 3.73. The van der Waals surface area contributed by atoms with Crippen LogP contribution in [-0.4, -0.2) is 23.2 Å². The van der Waals surface area contributed by atoms with E-state index in [0.29, 0.717) is 33.0 Å². The van der Waals surface area contributed by atoms with E-state index >= 15 is 0 Å². The molecule has 1 atom stereocenters. The first-order chi connectivity index (χ1) is 17.8. The Hall–Kier alpha value is -4.56. The first-order valence-corrected chi connectivity index (χ1v) is 11.7. The Morgan fingerprint density at radius 2 is 1.84 bits per heavy atom. The Bertz CT molecular complexity index is 1850. The lowest BCUT2D eigenvalue weighted by molar-refractivity contribution is -0.135. The van der Waals surface area contributed by atoms with Crippen molar-refractivity contribution in [3.05, 3.63) is 97.6 Å². The van der Waals surface area contributed by atoms with Crippen molar-refractivity contribution in [3.8, 4) is 28.4 Å². The minimum atomic E-state index is -0.779. The van der Waals surface area contributed by atoms with Gasteiger partial charge in [0.2, 0.25) is 5.43 Å². The van der Waals surface area contributed by atoms with Crippen LogP contribution in [0.1, 0.15) is 23.5 Å². The zero-order valence-corrected chi connectivity index (χ0v) is 20.1. The topological polar surface area (TPSA) is 119 Å². The van der Waals surface area contributed by atoms with Gasteiger partial charge in [-0.2, -0.15) is 0 Å². The fourth-order valence-electron chi connectivity index (χ4n) is 4.81. The molecule has 1 aliphatic heterocycles. The van der Waals surface area contributed by atoms with Crippen molar-refractivity contribution < 1.29 is 23.8 Å². The van der Waals surface area contributed by atoms with Crippen LogP contribution in [0.15, 0.2) is 74.9 Å². The van der Waals surface area contributed by atoms with Crippen molar-refractivity contribution in [3.63, 3.8) is 0 Å². The molecule has 0 bridgehead atoms. The molecule has 0 spiro atoms. The molecule has 3 heterocycles. The number of phenols is 1. The summed E-state index contributed by atoms with van der Waals surface area (Å²) in [6.45, 7) is 0. The lowest BCUT2D eigenvalue weighted by Gasteiger charge is -2.25. The van der Waals surface area contributed by atoms with Gasteiger partial charge >= 0.3 is 5.97 Å². The van der Waals surface area contributed by atoms with E-state index in [1.165, 1.54) is 19.4 Å². The van der Waals surface area contributed by atoms with Gasteiger partial charge < -0.3 is 24.0 Å². The zero-order chi connectivity index (χ0) is 25.8. The molecule has 9 heteroatoms. The number of hydrogen-bond acceptors (Lipinski definition) is 7. The number of aromatic hydroxyl groups is 1. The van der Waals surface area contributed by atoms with Crippen LogP contribution in [0.3, 0.4) is 0 Å².